The van der Waals surface area contributed by atoms with E-state index in [9.17, 15) is 9.59 Å². The number of piperazine rings is 1. The van der Waals surface area contributed by atoms with Gasteiger partial charge in [0.15, 0.2) is 16.5 Å². The van der Waals surface area contributed by atoms with Crippen molar-refractivity contribution in [3.63, 3.8) is 0 Å². The number of amides is 2. The number of carbonyl (C=O) groups is 2. The Morgan fingerprint density at radius 1 is 0.879 bits per heavy atom. The number of benzene rings is 2. The summed E-state index contributed by atoms with van der Waals surface area (Å²) in [5, 5.41) is 0.765. The highest BCUT2D eigenvalue weighted by atomic mass is 32.1. The summed E-state index contributed by atoms with van der Waals surface area (Å²) in [4.78, 5) is 33.7. The molecule has 0 N–H and O–H groups in total. The van der Waals surface area contributed by atoms with Crippen LogP contribution in [0.4, 0.5) is 0 Å². The van der Waals surface area contributed by atoms with Crippen LogP contribution in [0.3, 0.4) is 0 Å². The maximum Gasteiger partial charge on any atom is 0.289 e. The highest BCUT2D eigenvalue weighted by Gasteiger charge is 2.26. The Balaban J connectivity index is 1.13. The van der Waals surface area contributed by atoms with E-state index < -0.39 is 0 Å². The Labute approximate surface area is 196 Å². The molecule has 2 amide bonds. The van der Waals surface area contributed by atoms with E-state index in [0.29, 0.717) is 44.1 Å². The summed E-state index contributed by atoms with van der Waals surface area (Å²) in [5.74, 6) is 0.936. The van der Waals surface area contributed by atoms with Gasteiger partial charge in [0.05, 0.1) is 10.2 Å². The number of aromatic nitrogens is 1. The molecule has 2 aromatic carbocycles. The summed E-state index contributed by atoms with van der Waals surface area (Å²) in [5.41, 5.74) is 2.18. The van der Waals surface area contributed by atoms with E-state index in [1.165, 1.54) is 5.56 Å². The normalized spacial score (nSPS) is 14.1. The third-order valence-corrected chi connectivity index (χ3v) is 6.99. The van der Waals surface area contributed by atoms with Gasteiger partial charge in [-0.05, 0) is 42.7 Å². The van der Waals surface area contributed by atoms with Gasteiger partial charge in [-0.2, -0.15) is 0 Å². The van der Waals surface area contributed by atoms with Gasteiger partial charge in [0.1, 0.15) is 0 Å². The first kappa shape index (κ1) is 21.4. The zero-order chi connectivity index (χ0) is 22.6. The van der Waals surface area contributed by atoms with Gasteiger partial charge in [0.2, 0.25) is 5.91 Å². The molecule has 0 radical (unpaired) electrons. The van der Waals surface area contributed by atoms with Crippen LogP contribution in [0.2, 0.25) is 0 Å². The summed E-state index contributed by atoms with van der Waals surface area (Å²) < 4.78 is 6.94. The average molecular weight is 460 g/mol. The van der Waals surface area contributed by atoms with Crippen LogP contribution in [0.1, 0.15) is 29.0 Å². The molecule has 1 saturated heterocycles. The van der Waals surface area contributed by atoms with Crippen molar-refractivity contribution in [2.45, 2.75) is 19.3 Å². The van der Waals surface area contributed by atoms with Gasteiger partial charge < -0.3 is 14.2 Å². The number of rotatable bonds is 6. The lowest BCUT2D eigenvalue weighted by atomic mass is 10.1. The second kappa shape index (κ2) is 9.58. The third kappa shape index (κ3) is 4.83. The molecule has 33 heavy (non-hydrogen) atoms. The van der Waals surface area contributed by atoms with Crippen molar-refractivity contribution in [3.8, 4) is 10.8 Å². The van der Waals surface area contributed by atoms with Gasteiger partial charge in [0, 0.05) is 32.6 Å². The van der Waals surface area contributed by atoms with Crippen LogP contribution < -0.4 is 0 Å². The van der Waals surface area contributed by atoms with E-state index in [4.69, 9.17) is 4.42 Å². The van der Waals surface area contributed by atoms with E-state index >= 15 is 0 Å². The molecule has 4 aromatic rings. The first-order chi connectivity index (χ1) is 16.2. The van der Waals surface area contributed by atoms with Crippen molar-refractivity contribution in [2.75, 3.05) is 26.2 Å². The number of hydrogen-bond donors (Lipinski definition) is 0. The SMILES string of the molecule is O=C(CCCc1ccccc1)N1CCN(C(=O)c2ccc(-c3nc4ccccc4s3)o2)CC1. The van der Waals surface area contributed by atoms with Crippen LogP contribution in [0.25, 0.3) is 21.0 Å². The zero-order valence-electron chi connectivity index (χ0n) is 18.3. The fourth-order valence-corrected chi connectivity index (χ4v) is 5.03. The second-order valence-corrected chi connectivity index (χ2v) is 9.19. The van der Waals surface area contributed by atoms with Crippen LogP contribution in [0.15, 0.2) is 71.1 Å². The second-order valence-electron chi connectivity index (χ2n) is 8.16. The molecule has 5 rings (SSSR count). The van der Waals surface area contributed by atoms with Crippen molar-refractivity contribution in [3.05, 3.63) is 78.1 Å². The maximum atomic E-state index is 12.9. The number of aryl methyl sites for hydroxylation is 1. The minimum absolute atomic E-state index is 0.140. The number of para-hydroxylation sites is 1. The minimum atomic E-state index is -0.140. The monoisotopic (exact) mass is 459 g/mol. The van der Waals surface area contributed by atoms with E-state index in [1.54, 1.807) is 28.4 Å². The lowest BCUT2D eigenvalue weighted by molar-refractivity contribution is -0.132. The smallest absolute Gasteiger partial charge is 0.289 e. The number of furan rings is 1. The number of carbonyl (C=O) groups excluding carboxylic acids is 2. The molecule has 1 aliphatic rings. The summed E-state index contributed by atoms with van der Waals surface area (Å²) in [6.07, 6.45) is 2.27. The Kier molecular flexibility index (Phi) is 6.21. The Hall–Kier alpha value is -3.45. The molecule has 168 valence electrons. The molecule has 0 spiro atoms. The molecule has 6 nitrogen and oxygen atoms in total. The van der Waals surface area contributed by atoms with Gasteiger partial charge in [-0.3, -0.25) is 9.59 Å². The lowest BCUT2D eigenvalue weighted by Gasteiger charge is -2.34. The molecule has 0 bridgehead atoms. The average Bonchev–Trinajstić information content (AvgIpc) is 3.52. The Bertz CT molecular complexity index is 1220. The molecular weight excluding hydrogens is 434 g/mol. The van der Waals surface area contributed by atoms with Crippen molar-refractivity contribution < 1.29 is 14.0 Å². The fraction of sp³-hybridized carbons (Fsp3) is 0.269. The Morgan fingerprint density at radius 3 is 2.39 bits per heavy atom. The van der Waals surface area contributed by atoms with Crippen LogP contribution in [-0.4, -0.2) is 52.8 Å². The summed E-state index contributed by atoms with van der Waals surface area (Å²) in [7, 11) is 0. The van der Waals surface area contributed by atoms with Crippen LogP contribution in [0, 0.1) is 0 Å². The minimum Gasteiger partial charge on any atom is -0.448 e. The predicted molar refractivity (Wildman–Crippen MR) is 129 cm³/mol. The van der Waals surface area contributed by atoms with E-state index in [0.717, 1.165) is 28.1 Å². The Morgan fingerprint density at radius 2 is 1.61 bits per heavy atom. The summed E-state index contributed by atoms with van der Waals surface area (Å²) >= 11 is 1.55. The molecule has 0 aliphatic carbocycles. The number of fused-ring (bicyclic) bond motifs is 1. The molecule has 1 aliphatic heterocycles. The van der Waals surface area contributed by atoms with Gasteiger partial charge in [-0.25, -0.2) is 4.98 Å². The molecule has 3 heterocycles. The van der Waals surface area contributed by atoms with E-state index in [-0.39, 0.29) is 11.8 Å². The van der Waals surface area contributed by atoms with Gasteiger partial charge in [-0.1, -0.05) is 42.5 Å². The van der Waals surface area contributed by atoms with Gasteiger partial charge >= 0.3 is 0 Å². The number of hydrogen-bond acceptors (Lipinski definition) is 5. The molecular formula is C26H25N3O3S. The fourth-order valence-electron chi connectivity index (χ4n) is 4.11. The van der Waals surface area contributed by atoms with E-state index in [2.05, 4.69) is 17.1 Å². The topological polar surface area (TPSA) is 66.7 Å². The predicted octanol–water partition coefficient (Wildman–Crippen LogP) is 4.86. The van der Waals surface area contributed by atoms with Crippen molar-refractivity contribution >= 4 is 33.4 Å². The van der Waals surface area contributed by atoms with E-state index in [1.807, 2.05) is 47.4 Å². The van der Waals surface area contributed by atoms with Crippen molar-refractivity contribution in [1.29, 1.82) is 0 Å². The molecule has 0 saturated carbocycles. The maximum absolute atomic E-state index is 12.9. The summed E-state index contributed by atoms with van der Waals surface area (Å²) in [6, 6.07) is 21.7. The number of nitrogens with zero attached hydrogens (tertiary/aromatic N) is 3. The molecule has 1 fully saturated rings. The quantitative estimate of drug-likeness (QED) is 0.413. The highest BCUT2D eigenvalue weighted by molar-refractivity contribution is 7.21. The molecule has 7 heteroatoms. The molecule has 2 aromatic heterocycles. The first-order valence-electron chi connectivity index (χ1n) is 11.2. The van der Waals surface area contributed by atoms with Crippen LogP contribution in [0.5, 0.6) is 0 Å². The van der Waals surface area contributed by atoms with Crippen LogP contribution >= 0.6 is 11.3 Å². The highest BCUT2D eigenvalue weighted by Crippen LogP contribution is 2.31. The van der Waals surface area contributed by atoms with Crippen molar-refractivity contribution in [2.24, 2.45) is 0 Å². The largest absolute Gasteiger partial charge is 0.448 e. The van der Waals surface area contributed by atoms with Gasteiger partial charge in [0.25, 0.3) is 5.91 Å². The zero-order valence-corrected chi connectivity index (χ0v) is 19.1. The van der Waals surface area contributed by atoms with Gasteiger partial charge in [-0.15, -0.1) is 11.3 Å². The van der Waals surface area contributed by atoms with Crippen LogP contribution in [-0.2, 0) is 11.2 Å². The summed E-state index contributed by atoms with van der Waals surface area (Å²) in [6.45, 7) is 2.14. The first-order valence-corrected chi connectivity index (χ1v) is 12.1. The molecule has 0 atom stereocenters. The lowest BCUT2D eigenvalue weighted by Crippen LogP contribution is -2.50. The van der Waals surface area contributed by atoms with Crippen molar-refractivity contribution in [1.82, 2.24) is 14.8 Å². The molecule has 0 unspecified atom stereocenters. The number of thiazole rings is 1. The third-order valence-electron chi connectivity index (χ3n) is 5.94. The standard InChI is InChI=1S/C26H25N3O3S/c30-24(12-6-9-19-7-2-1-3-8-19)28-15-17-29(18-16-28)26(31)22-14-13-21(32-22)25-27-20-10-4-5-11-23(20)33-25/h1-5,7-8,10-11,13-14H,6,9,12,15-18H2.